The maximum atomic E-state index is 12.2. The molecule has 0 unspecified atom stereocenters. The lowest BCUT2D eigenvalue weighted by Gasteiger charge is -2.01. The zero-order valence-corrected chi connectivity index (χ0v) is 10.8. The Bertz CT molecular complexity index is 577. The normalized spacial score (nSPS) is 10.6. The first-order valence-electron chi connectivity index (χ1n) is 5.74. The fraction of sp³-hybridized carbons (Fsp3) is 0.231. The Labute approximate surface area is 110 Å². The van der Waals surface area contributed by atoms with E-state index in [1.807, 2.05) is 0 Å². The maximum Gasteiger partial charge on any atom is 0.196 e. The molecule has 2 aromatic rings. The number of benzene rings is 1. The molecule has 0 aliphatic rings. The molecular weight excluding hydrogens is 250 g/mol. The molecular formula is C13H14ClN3O. The minimum Gasteiger partial charge on any atom is -0.398 e. The summed E-state index contributed by atoms with van der Waals surface area (Å²) < 4.78 is 1.76. The zero-order valence-electron chi connectivity index (χ0n) is 10.1. The monoisotopic (exact) mass is 263 g/mol. The highest BCUT2D eigenvalue weighted by atomic mass is 35.5. The first-order chi connectivity index (χ1) is 8.61. The number of hydrogen-bond acceptors (Lipinski definition) is 3. The molecule has 94 valence electrons. The SMILES string of the molecule is CCCn1cc(C(=O)c2ccc(Cl)c(N)c2)cn1. The maximum absolute atomic E-state index is 12.2. The van der Waals surface area contributed by atoms with E-state index in [0.717, 1.165) is 13.0 Å². The lowest BCUT2D eigenvalue weighted by atomic mass is 10.1. The van der Waals surface area contributed by atoms with E-state index in [1.54, 1.807) is 35.3 Å². The number of ketones is 1. The number of aryl methyl sites for hydroxylation is 1. The van der Waals surface area contributed by atoms with Crippen molar-refractivity contribution in [3.05, 3.63) is 46.7 Å². The third-order valence-electron chi connectivity index (χ3n) is 2.61. The number of carbonyl (C=O) groups is 1. The summed E-state index contributed by atoms with van der Waals surface area (Å²) in [5, 5.41) is 4.58. The summed E-state index contributed by atoms with van der Waals surface area (Å²) in [7, 11) is 0. The van der Waals surface area contributed by atoms with Crippen molar-refractivity contribution in [2.45, 2.75) is 19.9 Å². The average Bonchev–Trinajstić information content (AvgIpc) is 2.81. The molecule has 0 bridgehead atoms. The molecule has 18 heavy (non-hydrogen) atoms. The van der Waals surface area contributed by atoms with Gasteiger partial charge in [0.2, 0.25) is 0 Å². The summed E-state index contributed by atoms with van der Waals surface area (Å²) in [5.74, 6) is -0.0966. The van der Waals surface area contributed by atoms with E-state index in [9.17, 15) is 4.79 Å². The summed E-state index contributed by atoms with van der Waals surface area (Å²) in [6, 6.07) is 4.88. The second kappa shape index (κ2) is 5.23. The standard InChI is InChI=1S/C13H14ClN3O/c1-2-5-17-8-10(7-16-17)13(18)9-3-4-11(14)12(15)6-9/h3-4,6-8H,2,5,15H2,1H3. The molecule has 2 rings (SSSR count). The number of nitrogens with two attached hydrogens (primary N) is 1. The lowest BCUT2D eigenvalue weighted by Crippen LogP contribution is -2.02. The van der Waals surface area contributed by atoms with Crippen LogP contribution in [0.1, 0.15) is 29.3 Å². The predicted molar refractivity (Wildman–Crippen MR) is 71.8 cm³/mol. The van der Waals surface area contributed by atoms with Crippen LogP contribution in [0.25, 0.3) is 0 Å². The van der Waals surface area contributed by atoms with E-state index in [2.05, 4.69) is 12.0 Å². The van der Waals surface area contributed by atoms with Gasteiger partial charge in [0.05, 0.1) is 22.5 Å². The molecule has 0 spiro atoms. The molecule has 0 saturated carbocycles. The number of anilines is 1. The van der Waals surface area contributed by atoms with Gasteiger partial charge in [0.25, 0.3) is 0 Å². The molecule has 0 atom stereocenters. The van der Waals surface area contributed by atoms with Crippen molar-refractivity contribution in [3.8, 4) is 0 Å². The van der Waals surface area contributed by atoms with E-state index in [0.29, 0.717) is 21.8 Å². The Morgan fingerprint density at radius 2 is 2.22 bits per heavy atom. The van der Waals surface area contributed by atoms with Gasteiger partial charge in [-0.2, -0.15) is 5.10 Å². The molecule has 0 saturated heterocycles. The van der Waals surface area contributed by atoms with Crippen molar-refractivity contribution in [2.75, 3.05) is 5.73 Å². The van der Waals surface area contributed by atoms with Crippen LogP contribution in [-0.4, -0.2) is 15.6 Å². The second-order valence-electron chi connectivity index (χ2n) is 4.06. The third kappa shape index (κ3) is 2.54. The third-order valence-corrected chi connectivity index (χ3v) is 2.95. The highest BCUT2D eigenvalue weighted by Gasteiger charge is 2.12. The molecule has 2 N–H and O–H groups in total. The van der Waals surface area contributed by atoms with Crippen molar-refractivity contribution in [1.29, 1.82) is 0 Å². The van der Waals surface area contributed by atoms with E-state index < -0.39 is 0 Å². The summed E-state index contributed by atoms with van der Waals surface area (Å²) >= 11 is 5.82. The van der Waals surface area contributed by atoms with Crippen LogP contribution >= 0.6 is 11.6 Å². The molecule has 1 heterocycles. The van der Waals surface area contributed by atoms with Gasteiger partial charge in [0.15, 0.2) is 5.78 Å². The van der Waals surface area contributed by atoms with E-state index in [4.69, 9.17) is 17.3 Å². The van der Waals surface area contributed by atoms with E-state index >= 15 is 0 Å². The number of rotatable bonds is 4. The van der Waals surface area contributed by atoms with Gasteiger partial charge < -0.3 is 5.73 Å². The van der Waals surface area contributed by atoms with E-state index in [1.165, 1.54) is 0 Å². The fourth-order valence-corrected chi connectivity index (χ4v) is 1.80. The molecule has 0 radical (unpaired) electrons. The lowest BCUT2D eigenvalue weighted by molar-refractivity contribution is 0.103. The molecule has 1 aromatic carbocycles. The smallest absolute Gasteiger partial charge is 0.196 e. The van der Waals surface area contributed by atoms with Crippen LogP contribution in [0.5, 0.6) is 0 Å². The van der Waals surface area contributed by atoms with E-state index in [-0.39, 0.29) is 5.78 Å². The minimum absolute atomic E-state index is 0.0966. The van der Waals surface area contributed by atoms with Gasteiger partial charge in [-0.1, -0.05) is 18.5 Å². The molecule has 1 aromatic heterocycles. The largest absolute Gasteiger partial charge is 0.398 e. The number of aromatic nitrogens is 2. The Hall–Kier alpha value is -1.81. The molecule has 0 fully saturated rings. The summed E-state index contributed by atoms with van der Waals surface area (Å²) in [5.41, 5.74) is 7.17. The van der Waals surface area contributed by atoms with Gasteiger partial charge in [-0.25, -0.2) is 0 Å². The summed E-state index contributed by atoms with van der Waals surface area (Å²) in [6.07, 6.45) is 4.29. The zero-order chi connectivity index (χ0) is 13.1. The van der Waals surface area contributed by atoms with Crippen LogP contribution in [0.3, 0.4) is 0 Å². The molecule has 4 nitrogen and oxygen atoms in total. The quantitative estimate of drug-likeness (QED) is 0.682. The van der Waals surface area contributed by atoms with Crippen LogP contribution in [-0.2, 0) is 6.54 Å². The second-order valence-corrected chi connectivity index (χ2v) is 4.46. The number of nitrogen functional groups attached to an aromatic ring is 1. The van der Waals surface area contributed by atoms with Gasteiger partial charge in [0.1, 0.15) is 0 Å². The summed E-state index contributed by atoms with van der Waals surface area (Å²) in [6.45, 7) is 2.86. The van der Waals surface area contributed by atoms with Crippen molar-refractivity contribution in [1.82, 2.24) is 9.78 Å². The van der Waals surface area contributed by atoms with Crippen LogP contribution in [0.4, 0.5) is 5.69 Å². The molecule has 0 amide bonds. The van der Waals surface area contributed by atoms with Crippen molar-refractivity contribution in [2.24, 2.45) is 0 Å². The van der Waals surface area contributed by atoms with Gasteiger partial charge in [-0.3, -0.25) is 9.48 Å². The van der Waals surface area contributed by atoms with Gasteiger partial charge in [0, 0.05) is 18.3 Å². The van der Waals surface area contributed by atoms with Crippen LogP contribution in [0, 0.1) is 0 Å². The first-order valence-corrected chi connectivity index (χ1v) is 6.11. The molecule has 0 aliphatic heterocycles. The number of carbonyl (C=O) groups excluding carboxylic acids is 1. The Morgan fingerprint density at radius 3 is 2.89 bits per heavy atom. The minimum atomic E-state index is -0.0966. The number of hydrogen-bond donors (Lipinski definition) is 1. The van der Waals surface area contributed by atoms with Crippen molar-refractivity contribution < 1.29 is 4.79 Å². The van der Waals surface area contributed by atoms with Crippen LogP contribution < -0.4 is 5.73 Å². The van der Waals surface area contributed by atoms with Crippen LogP contribution in [0.15, 0.2) is 30.6 Å². The number of halogens is 1. The predicted octanol–water partition coefficient (Wildman–Crippen LogP) is 2.76. The van der Waals surface area contributed by atoms with Crippen LogP contribution in [0.2, 0.25) is 5.02 Å². The van der Waals surface area contributed by atoms with Crippen molar-refractivity contribution in [3.63, 3.8) is 0 Å². The first kappa shape index (κ1) is 12.6. The van der Waals surface area contributed by atoms with Gasteiger partial charge in [-0.05, 0) is 24.6 Å². The average molecular weight is 264 g/mol. The highest BCUT2D eigenvalue weighted by Crippen LogP contribution is 2.21. The highest BCUT2D eigenvalue weighted by molar-refractivity contribution is 6.33. The van der Waals surface area contributed by atoms with Crippen molar-refractivity contribution >= 4 is 23.1 Å². The van der Waals surface area contributed by atoms with Gasteiger partial charge in [-0.15, -0.1) is 0 Å². The summed E-state index contributed by atoms with van der Waals surface area (Å²) in [4.78, 5) is 12.2. The number of nitrogens with zero attached hydrogens (tertiary/aromatic N) is 2. The Balaban J connectivity index is 2.26. The molecule has 0 aliphatic carbocycles. The van der Waals surface area contributed by atoms with Gasteiger partial charge >= 0.3 is 0 Å². The molecule has 5 heteroatoms. The Morgan fingerprint density at radius 1 is 1.44 bits per heavy atom. The fourth-order valence-electron chi connectivity index (χ4n) is 1.68. The Kier molecular flexibility index (Phi) is 3.67. The topological polar surface area (TPSA) is 60.9 Å².